The normalized spacial score (nSPS) is 17.8. The number of hydrogen-bond donors (Lipinski definition) is 0. The first-order valence-corrected chi connectivity index (χ1v) is 9.01. The highest BCUT2D eigenvalue weighted by atomic mass is 32.2. The van der Waals surface area contributed by atoms with Gasteiger partial charge in [0.1, 0.15) is 0 Å². The third kappa shape index (κ3) is 3.94. The molecule has 1 saturated heterocycles. The van der Waals surface area contributed by atoms with Gasteiger partial charge in [-0.05, 0) is 45.7 Å². The fraction of sp³-hybridized carbons (Fsp3) is 0.562. The predicted octanol–water partition coefficient (Wildman–Crippen LogP) is 2.47. The van der Waals surface area contributed by atoms with E-state index in [0.717, 1.165) is 0 Å². The molecule has 22 heavy (non-hydrogen) atoms. The number of carbonyl (C=O) groups excluding carboxylic acids is 1. The van der Waals surface area contributed by atoms with Crippen LogP contribution in [0.4, 0.5) is 0 Å². The van der Waals surface area contributed by atoms with Gasteiger partial charge in [-0.2, -0.15) is 4.31 Å². The van der Waals surface area contributed by atoms with Crippen LogP contribution in [0.1, 0.15) is 44.0 Å². The zero-order chi connectivity index (χ0) is 16.3. The lowest BCUT2D eigenvalue weighted by Crippen LogP contribution is -2.41. The predicted molar refractivity (Wildman–Crippen MR) is 84.4 cm³/mol. The largest absolute Gasteiger partial charge is 0.375 e. The Balaban J connectivity index is 2.12. The molecule has 1 aliphatic rings. The number of nitrogens with zero attached hydrogens (tertiary/aromatic N) is 1. The molecule has 0 saturated carbocycles. The molecule has 2 rings (SSSR count). The van der Waals surface area contributed by atoms with E-state index in [4.69, 9.17) is 4.74 Å². The summed E-state index contributed by atoms with van der Waals surface area (Å²) in [5.74, 6) is -0.138. The summed E-state index contributed by atoms with van der Waals surface area (Å²) in [6, 6.07) is 6.23. The van der Waals surface area contributed by atoms with Crippen molar-refractivity contribution in [3.63, 3.8) is 0 Å². The molecule has 0 N–H and O–H groups in total. The first-order chi connectivity index (χ1) is 10.3. The Bertz CT molecular complexity index is 631. The summed E-state index contributed by atoms with van der Waals surface area (Å²) in [6.07, 6.45) is 1.67. The van der Waals surface area contributed by atoms with Crippen LogP contribution in [-0.4, -0.2) is 43.8 Å². The molecular formula is C16H23NO4S. The lowest BCUT2D eigenvalue weighted by Gasteiger charge is -2.32. The summed E-state index contributed by atoms with van der Waals surface area (Å²) < 4.78 is 32.6. The number of benzene rings is 1. The standard InChI is InChI=1S/C16H23NO4S/c1-12(2)21-15-7-9-17(10-8-15)22(19,20)16-6-4-5-14(11-16)13(3)18/h4-6,11-12,15H,7-10H2,1-3H3. The van der Waals surface area contributed by atoms with Gasteiger partial charge in [-0.3, -0.25) is 4.79 Å². The molecule has 0 unspecified atom stereocenters. The van der Waals surface area contributed by atoms with Crippen LogP contribution in [0.5, 0.6) is 0 Å². The van der Waals surface area contributed by atoms with Crippen molar-refractivity contribution in [3.8, 4) is 0 Å². The van der Waals surface area contributed by atoms with E-state index in [0.29, 0.717) is 31.5 Å². The molecule has 1 aromatic rings. The van der Waals surface area contributed by atoms with Crippen LogP contribution in [-0.2, 0) is 14.8 Å². The fourth-order valence-electron chi connectivity index (χ4n) is 2.62. The van der Waals surface area contributed by atoms with Crippen molar-refractivity contribution >= 4 is 15.8 Å². The highest BCUT2D eigenvalue weighted by molar-refractivity contribution is 7.89. The van der Waals surface area contributed by atoms with Crippen molar-refractivity contribution in [3.05, 3.63) is 29.8 Å². The summed E-state index contributed by atoms with van der Waals surface area (Å²) in [5, 5.41) is 0. The minimum atomic E-state index is -3.54. The van der Waals surface area contributed by atoms with E-state index in [9.17, 15) is 13.2 Å². The number of ketones is 1. The summed E-state index contributed by atoms with van der Waals surface area (Å²) >= 11 is 0. The highest BCUT2D eigenvalue weighted by Crippen LogP contribution is 2.23. The minimum Gasteiger partial charge on any atom is -0.375 e. The number of sulfonamides is 1. The van der Waals surface area contributed by atoms with E-state index in [1.54, 1.807) is 18.2 Å². The molecule has 1 fully saturated rings. The molecule has 0 spiro atoms. The molecule has 1 heterocycles. The Labute approximate surface area is 132 Å². The monoisotopic (exact) mass is 325 g/mol. The molecule has 6 heteroatoms. The first-order valence-electron chi connectivity index (χ1n) is 7.57. The quantitative estimate of drug-likeness (QED) is 0.780. The second kappa shape index (κ2) is 6.89. The number of ether oxygens (including phenoxy) is 1. The van der Waals surface area contributed by atoms with Crippen molar-refractivity contribution in [1.29, 1.82) is 0 Å². The lowest BCUT2D eigenvalue weighted by atomic mass is 10.1. The fourth-order valence-corrected chi connectivity index (χ4v) is 4.13. The number of piperidine rings is 1. The van der Waals surface area contributed by atoms with Crippen molar-refractivity contribution in [2.75, 3.05) is 13.1 Å². The average molecular weight is 325 g/mol. The topological polar surface area (TPSA) is 63.7 Å². The van der Waals surface area contributed by atoms with Crippen molar-refractivity contribution in [1.82, 2.24) is 4.31 Å². The van der Waals surface area contributed by atoms with Gasteiger partial charge in [0.05, 0.1) is 17.1 Å². The third-order valence-electron chi connectivity index (χ3n) is 3.74. The van der Waals surface area contributed by atoms with Gasteiger partial charge in [0, 0.05) is 18.7 Å². The third-order valence-corrected chi connectivity index (χ3v) is 5.64. The van der Waals surface area contributed by atoms with Gasteiger partial charge in [-0.15, -0.1) is 0 Å². The van der Waals surface area contributed by atoms with Crippen LogP contribution in [0.2, 0.25) is 0 Å². The van der Waals surface area contributed by atoms with Gasteiger partial charge in [0.25, 0.3) is 0 Å². The average Bonchev–Trinajstić information content (AvgIpc) is 2.47. The van der Waals surface area contributed by atoms with Gasteiger partial charge in [-0.1, -0.05) is 12.1 Å². The van der Waals surface area contributed by atoms with E-state index < -0.39 is 10.0 Å². The van der Waals surface area contributed by atoms with Crippen LogP contribution in [0.25, 0.3) is 0 Å². The van der Waals surface area contributed by atoms with Crippen LogP contribution in [0.15, 0.2) is 29.2 Å². The molecule has 0 amide bonds. The number of hydrogen-bond acceptors (Lipinski definition) is 4. The molecule has 5 nitrogen and oxygen atoms in total. The zero-order valence-electron chi connectivity index (χ0n) is 13.3. The van der Waals surface area contributed by atoms with E-state index in [2.05, 4.69) is 0 Å². The van der Waals surface area contributed by atoms with E-state index >= 15 is 0 Å². The summed E-state index contributed by atoms with van der Waals surface area (Å²) in [6.45, 7) is 6.29. The van der Waals surface area contributed by atoms with Gasteiger partial charge in [0.15, 0.2) is 5.78 Å². The molecule has 122 valence electrons. The molecule has 0 atom stereocenters. The van der Waals surface area contributed by atoms with Gasteiger partial charge >= 0.3 is 0 Å². The maximum absolute atomic E-state index is 12.7. The molecule has 0 aliphatic carbocycles. The molecule has 0 radical (unpaired) electrons. The minimum absolute atomic E-state index is 0.120. The first kappa shape index (κ1) is 17.1. The molecule has 0 bridgehead atoms. The Hall–Kier alpha value is -1.24. The van der Waals surface area contributed by atoms with Crippen LogP contribution < -0.4 is 0 Å². The second-order valence-corrected chi connectivity index (χ2v) is 7.81. The lowest BCUT2D eigenvalue weighted by molar-refractivity contribution is -0.0168. The molecule has 0 aromatic heterocycles. The second-order valence-electron chi connectivity index (χ2n) is 5.87. The van der Waals surface area contributed by atoms with Gasteiger partial charge in [0.2, 0.25) is 10.0 Å². The number of Topliss-reactive ketones (excluding diaryl/α,β-unsaturated/α-hetero) is 1. The van der Waals surface area contributed by atoms with Crippen LogP contribution in [0.3, 0.4) is 0 Å². The van der Waals surface area contributed by atoms with E-state index in [1.165, 1.54) is 17.3 Å². The maximum Gasteiger partial charge on any atom is 0.243 e. The Morgan fingerprint density at radius 3 is 2.45 bits per heavy atom. The number of carbonyl (C=O) groups is 1. The molecule has 1 aliphatic heterocycles. The number of rotatable bonds is 5. The zero-order valence-corrected chi connectivity index (χ0v) is 14.1. The van der Waals surface area contributed by atoms with Crippen molar-refractivity contribution in [2.45, 2.75) is 50.7 Å². The van der Waals surface area contributed by atoms with Crippen LogP contribution in [0, 0.1) is 0 Å². The van der Waals surface area contributed by atoms with E-state index in [1.807, 2.05) is 13.8 Å². The Morgan fingerprint density at radius 2 is 1.91 bits per heavy atom. The van der Waals surface area contributed by atoms with E-state index in [-0.39, 0.29) is 22.9 Å². The summed E-state index contributed by atoms with van der Waals surface area (Å²) in [4.78, 5) is 11.6. The smallest absolute Gasteiger partial charge is 0.243 e. The maximum atomic E-state index is 12.7. The van der Waals surface area contributed by atoms with Gasteiger partial charge < -0.3 is 4.74 Å². The van der Waals surface area contributed by atoms with Crippen molar-refractivity contribution in [2.24, 2.45) is 0 Å². The summed E-state index contributed by atoms with van der Waals surface area (Å²) in [7, 11) is -3.54. The SMILES string of the molecule is CC(=O)c1cccc(S(=O)(=O)N2CCC(OC(C)C)CC2)c1. The summed E-state index contributed by atoms with van der Waals surface area (Å²) in [5.41, 5.74) is 0.416. The van der Waals surface area contributed by atoms with Crippen molar-refractivity contribution < 1.29 is 17.9 Å². The Morgan fingerprint density at radius 1 is 1.27 bits per heavy atom. The van der Waals surface area contributed by atoms with Gasteiger partial charge in [-0.25, -0.2) is 8.42 Å². The molecular weight excluding hydrogens is 302 g/mol. The Kier molecular flexibility index (Phi) is 5.36. The highest BCUT2D eigenvalue weighted by Gasteiger charge is 2.30. The molecule has 1 aromatic carbocycles. The van der Waals surface area contributed by atoms with Crippen LogP contribution >= 0.6 is 0 Å².